The van der Waals surface area contributed by atoms with E-state index in [4.69, 9.17) is 18.5 Å². The van der Waals surface area contributed by atoms with Crippen LogP contribution in [0.2, 0.25) is 0 Å². The van der Waals surface area contributed by atoms with Crippen molar-refractivity contribution in [1.29, 1.82) is 0 Å². The Morgan fingerprint density at radius 2 is 0.982 bits per heavy atom. The number of aliphatic hydroxyl groups excluding tert-OH is 5. The molecule has 1 saturated carbocycles. The second kappa shape index (κ2) is 35.3. The maximum atomic E-state index is 12.8. The molecule has 0 amide bonds. The Labute approximate surface area is 344 Å². The van der Waals surface area contributed by atoms with Crippen LogP contribution in [-0.4, -0.2) is 98.9 Å². The van der Waals surface area contributed by atoms with Crippen LogP contribution in [0.4, 0.5) is 0 Å². The normalized spacial score (nSPS) is 23.2. The molecule has 0 saturated heterocycles. The minimum atomic E-state index is -5.01. The van der Waals surface area contributed by atoms with E-state index >= 15 is 0 Å². The Hall–Kier alpha value is -1.44. The molecule has 0 spiro atoms. The number of unbranched alkanes of at least 4 members (excludes halogenated alkanes) is 19. The molecule has 12 nitrogen and oxygen atoms in total. The van der Waals surface area contributed by atoms with E-state index in [-0.39, 0.29) is 13.0 Å². The van der Waals surface area contributed by atoms with Crippen LogP contribution in [0.5, 0.6) is 0 Å². The van der Waals surface area contributed by atoms with Gasteiger partial charge in [-0.2, -0.15) is 0 Å². The van der Waals surface area contributed by atoms with Gasteiger partial charge in [0.15, 0.2) is 0 Å². The van der Waals surface area contributed by atoms with Gasteiger partial charge < -0.3 is 39.9 Å². The van der Waals surface area contributed by atoms with E-state index in [1.807, 2.05) is 0 Å². The molecule has 1 aliphatic rings. The Balaban J connectivity index is 2.38. The molecule has 0 aliphatic heterocycles. The first-order chi connectivity index (χ1) is 27.5. The average molecular weight is 833 g/mol. The molecule has 0 aromatic carbocycles. The molecule has 1 fully saturated rings. The van der Waals surface area contributed by atoms with Crippen LogP contribution in [0.25, 0.3) is 0 Å². The largest absolute Gasteiger partial charge is 0.472 e. The van der Waals surface area contributed by atoms with Gasteiger partial charge in [0, 0.05) is 13.0 Å². The van der Waals surface area contributed by atoms with E-state index in [1.54, 1.807) is 0 Å². The highest BCUT2D eigenvalue weighted by atomic mass is 31.2. The molecular formula is C44H81O12P. The zero-order chi connectivity index (χ0) is 42.0. The summed E-state index contributed by atoms with van der Waals surface area (Å²) >= 11 is 0. The predicted octanol–water partition coefficient (Wildman–Crippen LogP) is 8.70. The smallest absolute Gasteiger partial charge is 0.457 e. The first-order valence-electron chi connectivity index (χ1n) is 22.3. The van der Waals surface area contributed by atoms with Crippen molar-refractivity contribution in [2.45, 2.75) is 217 Å². The van der Waals surface area contributed by atoms with Crippen molar-refractivity contribution in [2.75, 3.05) is 19.8 Å². The fourth-order valence-corrected chi connectivity index (χ4v) is 7.63. The molecule has 0 aromatic rings. The van der Waals surface area contributed by atoms with Crippen molar-refractivity contribution >= 4 is 13.8 Å². The maximum absolute atomic E-state index is 12.8. The van der Waals surface area contributed by atoms with Gasteiger partial charge in [-0.25, -0.2) is 4.57 Å². The minimum absolute atomic E-state index is 0.0818. The molecule has 334 valence electrons. The monoisotopic (exact) mass is 833 g/mol. The lowest BCUT2D eigenvalue weighted by Crippen LogP contribution is -2.64. The zero-order valence-electron chi connectivity index (χ0n) is 35.4. The molecule has 0 aromatic heterocycles. The van der Waals surface area contributed by atoms with Crippen molar-refractivity contribution in [3.8, 4) is 0 Å². The number of phosphoric acid groups is 1. The number of phosphoric ester groups is 1. The molecule has 0 bridgehead atoms. The Bertz CT molecular complexity index is 1090. The number of carbonyl (C=O) groups is 1. The summed E-state index contributed by atoms with van der Waals surface area (Å²) in [6, 6.07) is 0. The van der Waals surface area contributed by atoms with Gasteiger partial charge in [-0.3, -0.25) is 13.8 Å². The summed E-state index contributed by atoms with van der Waals surface area (Å²) in [7, 11) is -5.01. The van der Waals surface area contributed by atoms with Gasteiger partial charge in [0.1, 0.15) is 42.7 Å². The molecule has 1 rings (SSSR count). The summed E-state index contributed by atoms with van der Waals surface area (Å²) in [5, 5.41) is 50.1. The highest BCUT2D eigenvalue weighted by Gasteiger charge is 2.51. The van der Waals surface area contributed by atoms with E-state index < -0.39 is 63.1 Å². The van der Waals surface area contributed by atoms with Crippen LogP contribution in [0.1, 0.15) is 174 Å². The predicted molar refractivity (Wildman–Crippen MR) is 226 cm³/mol. The van der Waals surface area contributed by atoms with Gasteiger partial charge in [-0.15, -0.1) is 0 Å². The van der Waals surface area contributed by atoms with Gasteiger partial charge in [0.2, 0.25) is 0 Å². The molecular weight excluding hydrogens is 751 g/mol. The maximum Gasteiger partial charge on any atom is 0.472 e. The third kappa shape index (κ3) is 27.9. The van der Waals surface area contributed by atoms with Gasteiger partial charge >= 0.3 is 13.8 Å². The molecule has 6 unspecified atom stereocenters. The number of allylic oxidation sites excluding steroid dienone is 6. The lowest BCUT2D eigenvalue weighted by atomic mass is 9.85. The SMILES string of the molecule is CCCCC/C=C\C/C=C\C/C=C\CCCCCCCCCOCC(COP(=O)(O)OC1C(O)C(O)C(O)C(O)C1O)OC(=O)CCCCCCCCCCCC. The second-order valence-electron chi connectivity index (χ2n) is 15.6. The number of carbonyl (C=O) groups excluding carboxylic acids is 1. The van der Waals surface area contributed by atoms with Crippen molar-refractivity contribution in [3.05, 3.63) is 36.5 Å². The van der Waals surface area contributed by atoms with Crippen LogP contribution < -0.4 is 0 Å². The van der Waals surface area contributed by atoms with Gasteiger partial charge in [0.25, 0.3) is 0 Å². The average Bonchev–Trinajstić information content (AvgIpc) is 3.19. The quantitative estimate of drug-likeness (QED) is 0.0151. The summed E-state index contributed by atoms with van der Waals surface area (Å²) in [5.74, 6) is -0.484. The fourth-order valence-electron chi connectivity index (χ4n) is 6.66. The molecule has 13 heteroatoms. The summed E-state index contributed by atoms with van der Waals surface area (Å²) in [6.45, 7) is 4.18. The Morgan fingerprint density at radius 1 is 0.561 bits per heavy atom. The van der Waals surface area contributed by atoms with Gasteiger partial charge in [-0.05, 0) is 51.4 Å². The van der Waals surface area contributed by atoms with Crippen LogP contribution >= 0.6 is 7.82 Å². The van der Waals surface area contributed by atoms with Crippen LogP contribution in [0.3, 0.4) is 0 Å². The van der Waals surface area contributed by atoms with Crippen molar-refractivity contribution < 1.29 is 58.3 Å². The van der Waals surface area contributed by atoms with Crippen molar-refractivity contribution in [2.24, 2.45) is 0 Å². The Morgan fingerprint density at radius 3 is 1.53 bits per heavy atom. The highest BCUT2D eigenvalue weighted by Crippen LogP contribution is 2.47. The minimum Gasteiger partial charge on any atom is -0.457 e. The van der Waals surface area contributed by atoms with Crippen LogP contribution in [0, 0.1) is 0 Å². The van der Waals surface area contributed by atoms with E-state index in [2.05, 4.69) is 50.3 Å². The molecule has 1 aliphatic carbocycles. The first kappa shape index (κ1) is 53.6. The standard InChI is InChI=1S/C44H81O12P/c1-3-5-7-9-11-13-15-16-17-18-19-20-21-22-23-24-26-28-30-32-34-53-35-37(55-38(45)33-31-29-27-25-14-12-10-8-6-4-2)36-54-57(51,52)56-44-42(49)40(47)39(46)41(48)43(44)50/h11,13,16-17,19-20,37,39-44,46-50H,3-10,12,14-15,18,21-36H2,1-2H3,(H,51,52)/b13-11-,17-16-,20-19-. The second-order valence-corrected chi connectivity index (χ2v) is 17.0. The van der Waals surface area contributed by atoms with Crippen molar-refractivity contribution in [1.82, 2.24) is 0 Å². The zero-order valence-corrected chi connectivity index (χ0v) is 36.3. The number of rotatable bonds is 37. The van der Waals surface area contributed by atoms with Gasteiger partial charge in [0.05, 0.1) is 13.2 Å². The Kier molecular flexibility index (Phi) is 33.2. The topological polar surface area (TPSA) is 192 Å². The van der Waals surface area contributed by atoms with Gasteiger partial charge in [-0.1, -0.05) is 153 Å². The molecule has 6 atom stereocenters. The summed E-state index contributed by atoms with van der Waals surface area (Å²) in [6.07, 6.45) is 27.9. The molecule has 0 heterocycles. The molecule has 0 radical (unpaired) electrons. The lowest BCUT2D eigenvalue weighted by molar-refractivity contribution is -0.220. The molecule has 57 heavy (non-hydrogen) atoms. The number of hydrogen-bond donors (Lipinski definition) is 6. The third-order valence-corrected chi connectivity index (χ3v) is 11.3. The van der Waals surface area contributed by atoms with Crippen LogP contribution in [0.15, 0.2) is 36.5 Å². The first-order valence-corrected chi connectivity index (χ1v) is 23.8. The number of esters is 1. The number of hydrogen-bond acceptors (Lipinski definition) is 11. The summed E-state index contributed by atoms with van der Waals surface area (Å²) < 4.78 is 34.1. The van der Waals surface area contributed by atoms with Crippen molar-refractivity contribution in [3.63, 3.8) is 0 Å². The lowest BCUT2D eigenvalue weighted by Gasteiger charge is -2.41. The summed E-state index contributed by atoms with van der Waals surface area (Å²) in [5.41, 5.74) is 0. The van der Waals surface area contributed by atoms with E-state index in [9.17, 15) is 39.8 Å². The number of aliphatic hydroxyl groups is 5. The summed E-state index contributed by atoms with van der Waals surface area (Å²) in [4.78, 5) is 23.0. The van der Waals surface area contributed by atoms with Crippen LogP contribution in [-0.2, 0) is 27.9 Å². The third-order valence-electron chi connectivity index (χ3n) is 10.3. The van der Waals surface area contributed by atoms with E-state index in [0.717, 1.165) is 64.2 Å². The van der Waals surface area contributed by atoms with E-state index in [1.165, 1.54) is 83.5 Å². The molecule has 6 N–H and O–H groups in total. The number of ether oxygens (including phenoxy) is 2. The highest BCUT2D eigenvalue weighted by molar-refractivity contribution is 7.47. The fraction of sp³-hybridized carbons (Fsp3) is 0.841. The van der Waals surface area contributed by atoms with E-state index in [0.29, 0.717) is 13.0 Å².